The summed E-state index contributed by atoms with van der Waals surface area (Å²) >= 11 is 0. The number of ether oxygens (including phenoxy) is 1. The number of nitrogens with zero attached hydrogens (tertiary/aromatic N) is 1. The quantitative estimate of drug-likeness (QED) is 0.500. The fourth-order valence-corrected chi connectivity index (χ4v) is 5.22. The molecule has 2 aliphatic rings. The molecule has 0 bridgehead atoms. The molecule has 8 heteroatoms. The number of halogens is 2. The van der Waals surface area contributed by atoms with E-state index in [4.69, 9.17) is 4.74 Å². The molecule has 0 unspecified atom stereocenters. The van der Waals surface area contributed by atoms with Crippen molar-refractivity contribution in [1.82, 2.24) is 15.6 Å². The third-order valence-corrected chi connectivity index (χ3v) is 7.07. The summed E-state index contributed by atoms with van der Waals surface area (Å²) in [5.41, 5.74) is 2.50. The largest absolute Gasteiger partial charge is 0.471 e. The Morgan fingerprint density at radius 3 is 2.58 bits per heavy atom. The van der Waals surface area contributed by atoms with Crippen LogP contribution in [-0.4, -0.2) is 40.3 Å². The number of hydrogen-bond donors (Lipinski definition) is 3. The highest BCUT2D eigenvalue weighted by Crippen LogP contribution is 2.48. The fourth-order valence-electron chi connectivity index (χ4n) is 5.22. The minimum atomic E-state index is -0.954. The maximum absolute atomic E-state index is 13.7. The zero-order chi connectivity index (χ0) is 26.1. The van der Waals surface area contributed by atoms with Gasteiger partial charge in [0, 0.05) is 37.7 Å². The van der Waals surface area contributed by atoms with E-state index in [1.54, 1.807) is 0 Å². The van der Waals surface area contributed by atoms with Gasteiger partial charge in [-0.15, -0.1) is 0 Å². The molecule has 196 valence electrons. The van der Waals surface area contributed by atoms with Gasteiger partial charge in [-0.2, -0.15) is 0 Å². The van der Waals surface area contributed by atoms with Gasteiger partial charge in [0.1, 0.15) is 5.60 Å². The average molecular weight is 502 g/mol. The highest BCUT2D eigenvalue weighted by molar-refractivity contribution is 5.73. The van der Waals surface area contributed by atoms with Crippen molar-refractivity contribution in [3.8, 4) is 5.88 Å². The number of carbonyl (C=O) groups excluding carboxylic acids is 1. The molecule has 6 nitrogen and oxygen atoms in total. The normalized spacial score (nSPS) is 20.1. The van der Waals surface area contributed by atoms with Gasteiger partial charge in [-0.25, -0.2) is 13.8 Å². The molecular weight excluding hydrogens is 464 g/mol. The van der Waals surface area contributed by atoms with Gasteiger partial charge in [-0.3, -0.25) is 4.79 Å². The zero-order valence-electron chi connectivity index (χ0n) is 21.5. The van der Waals surface area contributed by atoms with E-state index < -0.39 is 23.8 Å². The van der Waals surface area contributed by atoms with E-state index in [9.17, 15) is 18.7 Å². The van der Waals surface area contributed by atoms with Crippen molar-refractivity contribution in [1.29, 1.82) is 0 Å². The topological polar surface area (TPSA) is 83.5 Å². The Balaban J connectivity index is 1.50. The van der Waals surface area contributed by atoms with E-state index >= 15 is 0 Å². The minimum Gasteiger partial charge on any atom is -0.471 e. The smallest absolute Gasteiger partial charge is 0.218 e. The number of fused-ring (bicyclic) bond motifs is 1. The molecule has 2 aromatic rings. The number of amides is 1. The van der Waals surface area contributed by atoms with Crippen LogP contribution < -0.4 is 15.4 Å². The summed E-state index contributed by atoms with van der Waals surface area (Å²) in [4.78, 5) is 16.5. The maximum Gasteiger partial charge on any atom is 0.218 e. The van der Waals surface area contributed by atoms with E-state index in [1.807, 2.05) is 6.20 Å². The zero-order valence-corrected chi connectivity index (χ0v) is 21.5. The van der Waals surface area contributed by atoms with Gasteiger partial charge in [-0.1, -0.05) is 26.8 Å². The number of carbonyl (C=O) groups is 1. The molecule has 3 N–H and O–H groups in total. The molecular formula is C28H37F2N3O3. The third kappa shape index (κ3) is 6.40. The van der Waals surface area contributed by atoms with Crippen LogP contribution in [0.1, 0.15) is 76.1 Å². The molecule has 1 fully saturated rings. The number of aromatic nitrogens is 1. The first kappa shape index (κ1) is 26.5. The summed E-state index contributed by atoms with van der Waals surface area (Å²) in [6, 6.07) is 5.04. The first-order chi connectivity index (χ1) is 16.9. The molecule has 2 heterocycles. The summed E-state index contributed by atoms with van der Waals surface area (Å²) in [5, 5.41) is 17.3. The van der Waals surface area contributed by atoms with Gasteiger partial charge in [0.15, 0.2) is 11.6 Å². The fraction of sp³-hybridized carbons (Fsp3) is 0.571. The highest BCUT2D eigenvalue weighted by atomic mass is 19.2. The Morgan fingerprint density at radius 1 is 1.22 bits per heavy atom. The maximum atomic E-state index is 13.7. The molecule has 1 aromatic carbocycles. The summed E-state index contributed by atoms with van der Waals surface area (Å²) in [6.45, 7) is 8.14. The first-order valence-electron chi connectivity index (χ1n) is 12.7. The number of rotatable bonds is 8. The molecule has 1 spiro atoms. The number of hydrogen-bond acceptors (Lipinski definition) is 5. The second-order valence-electron chi connectivity index (χ2n) is 11.6. The van der Waals surface area contributed by atoms with Crippen LogP contribution in [0.3, 0.4) is 0 Å². The molecule has 0 radical (unpaired) electrons. The van der Waals surface area contributed by atoms with Crippen molar-refractivity contribution in [3.05, 3.63) is 58.8 Å². The monoisotopic (exact) mass is 501 g/mol. The van der Waals surface area contributed by atoms with Crippen LogP contribution in [0.25, 0.3) is 0 Å². The van der Waals surface area contributed by atoms with Crippen molar-refractivity contribution in [2.75, 3.05) is 6.54 Å². The van der Waals surface area contributed by atoms with Crippen LogP contribution in [0.15, 0.2) is 30.5 Å². The van der Waals surface area contributed by atoms with Gasteiger partial charge in [-0.05, 0) is 66.8 Å². The van der Waals surface area contributed by atoms with Crippen LogP contribution in [0, 0.1) is 17.0 Å². The summed E-state index contributed by atoms with van der Waals surface area (Å²) in [7, 11) is 0. The Morgan fingerprint density at radius 2 is 1.97 bits per heavy atom. The van der Waals surface area contributed by atoms with E-state index in [0.29, 0.717) is 11.4 Å². The molecule has 1 saturated carbocycles. The van der Waals surface area contributed by atoms with Crippen LogP contribution in [0.5, 0.6) is 5.88 Å². The molecule has 1 aliphatic carbocycles. The predicted octanol–water partition coefficient (Wildman–Crippen LogP) is 4.39. The molecule has 1 aliphatic heterocycles. The number of nitrogens with one attached hydrogen (secondary N) is 2. The lowest BCUT2D eigenvalue weighted by Gasteiger charge is -2.47. The second-order valence-corrected chi connectivity index (χ2v) is 11.6. The van der Waals surface area contributed by atoms with Crippen molar-refractivity contribution >= 4 is 5.91 Å². The first-order valence-corrected chi connectivity index (χ1v) is 12.7. The lowest BCUT2D eigenvalue weighted by Crippen LogP contribution is -2.52. The summed E-state index contributed by atoms with van der Waals surface area (Å²) < 4.78 is 33.4. The Hall–Kier alpha value is -2.58. The lowest BCUT2D eigenvalue weighted by atomic mass is 9.73. The van der Waals surface area contributed by atoms with Gasteiger partial charge < -0.3 is 20.5 Å². The van der Waals surface area contributed by atoms with E-state index in [-0.39, 0.29) is 35.9 Å². The minimum absolute atomic E-state index is 0.0580. The molecule has 1 amide bonds. The van der Waals surface area contributed by atoms with E-state index in [1.165, 1.54) is 13.0 Å². The van der Waals surface area contributed by atoms with Crippen LogP contribution >= 0.6 is 0 Å². The van der Waals surface area contributed by atoms with Crippen LogP contribution in [0.4, 0.5) is 8.78 Å². The van der Waals surface area contributed by atoms with Gasteiger partial charge in [0.05, 0.1) is 12.1 Å². The average Bonchev–Trinajstić information content (AvgIpc) is 2.76. The molecule has 3 atom stereocenters. The van der Waals surface area contributed by atoms with Gasteiger partial charge >= 0.3 is 0 Å². The van der Waals surface area contributed by atoms with Crippen molar-refractivity contribution < 1.29 is 23.4 Å². The van der Waals surface area contributed by atoms with Crippen molar-refractivity contribution in [2.45, 2.75) is 90.0 Å². The molecule has 1 aromatic heterocycles. The predicted molar refractivity (Wildman–Crippen MR) is 134 cm³/mol. The summed E-state index contributed by atoms with van der Waals surface area (Å²) in [5.74, 6) is -1.54. The lowest BCUT2D eigenvalue weighted by molar-refractivity contribution is -0.120. The van der Waals surface area contributed by atoms with E-state index in [0.717, 1.165) is 55.4 Å². The Labute approximate surface area is 211 Å². The number of benzene rings is 1. The number of pyridine rings is 1. The van der Waals surface area contributed by atoms with Crippen LogP contribution in [0.2, 0.25) is 0 Å². The standard InChI is InChI=1S/C28H37F2N3O3/c1-17(34)33-23(12-18-6-7-21(29)22(30)11-18)25(35)16-31-24-14-28(8-5-9-28)36-26-20(24)10-19(15-32-26)13-27(2,3)4/h6-7,10-11,15,23-25,31,35H,5,8-9,12-14,16H2,1-4H3,(H,33,34)/t23-,24-,25+/m0/s1. The third-order valence-electron chi connectivity index (χ3n) is 7.07. The Kier molecular flexibility index (Phi) is 7.67. The molecule has 36 heavy (non-hydrogen) atoms. The molecule has 0 saturated heterocycles. The van der Waals surface area contributed by atoms with Gasteiger partial charge in [0.25, 0.3) is 0 Å². The number of aliphatic hydroxyl groups is 1. The highest BCUT2D eigenvalue weighted by Gasteiger charge is 2.46. The van der Waals surface area contributed by atoms with Gasteiger partial charge in [0.2, 0.25) is 11.8 Å². The van der Waals surface area contributed by atoms with Crippen molar-refractivity contribution in [3.63, 3.8) is 0 Å². The number of aliphatic hydroxyl groups excluding tert-OH is 1. The SMILES string of the molecule is CC(=O)N[C@@H](Cc1ccc(F)c(F)c1)[C@H](O)CN[C@H]1CC2(CCC2)Oc2ncc(CC(C)(C)C)cc21. The Bertz CT molecular complexity index is 1100. The van der Waals surface area contributed by atoms with Crippen LogP contribution in [-0.2, 0) is 17.6 Å². The second kappa shape index (κ2) is 10.4. The summed E-state index contributed by atoms with van der Waals surface area (Å²) in [6.07, 6.45) is 5.84. The van der Waals surface area contributed by atoms with E-state index in [2.05, 4.69) is 42.5 Å². The molecule has 4 rings (SSSR count). The van der Waals surface area contributed by atoms with Crippen molar-refractivity contribution in [2.24, 2.45) is 5.41 Å².